The molecule has 3 rings (SSSR count). The summed E-state index contributed by atoms with van der Waals surface area (Å²) in [4.78, 5) is 16.6. The highest BCUT2D eigenvalue weighted by atomic mass is 35.5. The Balaban J connectivity index is 1.89. The largest absolute Gasteiger partial charge is 0.376 e. The van der Waals surface area contributed by atoms with E-state index in [1.54, 1.807) is 47.0 Å². The van der Waals surface area contributed by atoms with Crippen molar-refractivity contribution < 1.29 is 4.79 Å². The first-order valence-electron chi connectivity index (χ1n) is 6.64. The lowest BCUT2D eigenvalue weighted by Gasteiger charge is -2.07. The fourth-order valence-corrected chi connectivity index (χ4v) is 2.42. The minimum atomic E-state index is -0.305. The van der Waals surface area contributed by atoms with Crippen LogP contribution in [0.2, 0.25) is 5.02 Å². The lowest BCUT2D eigenvalue weighted by molar-refractivity contribution is 0.102. The van der Waals surface area contributed by atoms with Gasteiger partial charge in [0, 0.05) is 18.0 Å². The SMILES string of the molecule is NC(=S)Nc1ccn2c(C(=O)Nc3ccccc3Cl)cnc2c1. The van der Waals surface area contributed by atoms with Crippen molar-refractivity contribution in [3.05, 3.63) is 59.5 Å². The van der Waals surface area contributed by atoms with Crippen LogP contribution in [0.15, 0.2) is 48.8 Å². The lowest BCUT2D eigenvalue weighted by atomic mass is 10.3. The average molecular weight is 346 g/mol. The van der Waals surface area contributed by atoms with Crippen LogP contribution in [0.1, 0.15) is 10.5 Å². The van der Waals surface area contributed by atoms with E-state index in [0.29, 0.717) is 27.7 Å². The van der Waals surface area contributed by atoms with Crippen LogP contribution in [0.5, 0.6) is 0 Å². The molecule has 0 aliphatic carbocycles. The Bertz CT molecular complexity index is 908. The molecule has 0 saturated carbocycles. The van der Waals surface area contributed by atoms with Gasteiger partial charge in [-0.15, -0.1) is 0 Å². The lowest BCUT2D eigenvalue weighted by Crippen LogP contribution is -2.19. The van der Waals surface area contributed by atoms with Gasteiger partial charge >= 0.3 is 0 Å². The van der Waals surface area contributed by atoms with Gasteiger partial charge in [-0.1, -0.05) is 23.7 Å². The number of amides is 1. The van der Waals surface area contributed by atoms with E-state index in [1.165, 1.54) is 6.20 Å². The molecule has 1 amide bonds. The highest BCUT2D eigenvalue weighted by Gasteiger charge is 2.13. The molecule has 0 radical (unpaired) electrons. The number of pyridine rings is 1. The molecule has 0 aliphatic rings. The quantitative estimate of drug-likeness (QED) is 0.636. The summed E-state index contributed by atoms with van der Waals surface area (Å²) >= 11 is 10.8. The van der Waals surface area contributed by atoms with Gasteiger partial charge in [-0.2, -0.15) is 0 Å². The molecular weight excluding hydrogens is 334 g/mol. The molecule has 116 valence electrons. The third kappa shape index (κ3) is 3.25. The Kier molecular flexibility index (Phi) is 4.14. The smallest absolute Gasteiger partial charge is 0.274 e. The van der Waals surface area contributed by atoms with Crippen LogP contribution in [0.4, 0.5) is 11.4 Å². The molecule has 0 atom stereocenters. The maximum Gasteiger partial charge on any atom is 0.274 e. The number of anilines is 2. The van der Waals surface area contributed by atoms with Gasteiger partial charge in [0.15, 0.2) is 5.11 Å². The number of imidazole rings is 1. The number of hydrogen-bond acceptors (Lipinski definition) is 3. The van der Waals surface area contributed by atoms with E-state index in [1.807, 2.05) is 0 Å². The fourth-order valence-electron chi connectivity index (χ4n) is 2.12. The van der Waals surface area contributed by atoms with Crippen molar-refractivity contribution in [1.29, 1.82) is 0 Å². The van der Waals surface area contributed by atoms with Crippen molar-refractivity contribution in [3.8, 4) is 0 Å². The van der Waals surface area contributed by atoms with E-state index < -0.39 is 0 Å². The van der Waals surface area contributed by atoms with E-state index in [9.17, 15) is 4.79 Å². The molecule has 0 saturated heterocycles. The van der Waals surface area contributed by atoms with Gasteiger partial charge in [-0.3, -0.25) is 9.20 Å². The molecule has 0 bridgehead atoms. The number of nitrogens with two attached hydrogens (primary N) is 1. The zero-order valence-corrected chi connectivity index (χ0v) is 13.4. The van der Waals surface area contributed by atoms with Gasteiger partial charge in [0.2, 0.25) is 0 Å². The Morgan fingerprint density at radius 2 is 2.04 bits per heavy atom. The Morgan fingerprint density at radius 1 is 1.26 bits per heavy atom. The van der Waals surface area contributed by atoms with Gasteiger partial charge < -0.3 is 16.4 Å². The number of rotatable bonds is 3. The predicted molar refractivity (Wildman–Crippen MR) is 95.0 cm³/mol. The van der Waals surface area contributed by atoms with Crippen molar-refractivity contribution in [2.45, 2.75) is 0 Å². The summed E-state index contributed by atoms with van der Waals surface area (Å²) in [5.41, 5.74) is 7.67. The van der Waals surface area contributed by atoms with Crippen molar-refractivity contribution in [2.24, 2.45) is 5.73 Å². The number of thiocarbonyl (C=S) groups is 1. The Hall–Kier alpha value is -2.64. The van der Waals surface area contributed by atoms with Gasteiger partial charge in [0.05, 0.1) is 16.9 Å². The maximum absolute atomic E-state index is 12.4. The molecule has 0 spiro atoms. The molecule has 2 heterocycles. The molecule has 1 aromatic carbocycles. The number of hydrogen-bond donors (Lipinski definition) is 3. The van der Waals surface area contributed by atoms with E-state index in [-0.39, 0.29) is 11.0 Å². The van der Waals surface area contributed by atoms with Crippen LogP contribution in [0.25, 0.3) is 5.65 Å². The third-order valence-electron chi connectivity index (χ3n) is 3.14. The summed E-state index contributed by atoms with van der Waals surface area (Å²) in [6.45, 7) is 0. The van der Waals surface area contributed by atoms with E-state index in [4.69, 9.17) is 29.6 Å². The molecule has 0 unspecified atom stereocenters. The number of para-hydroxylation sites is 1. The van der Waals surface area contributed by atoms with Gasteiger partial charge in [-0.05, 0) is 30.4 Å². The second-order valence-electron chi connectivity index (χ2n) is 4.71. The van der Waals surface area contributed by atoms with Crippen LogP contribution in [-0.2, 0) is 0 Å². The first-order valence-corrected chi connectivity index (χ1v) is 7.42. The number of carbonyl (C=O) groups excluding carboxylic acids is 1. The number of benzene rings is 1. The van der Waals surface area contributed by atoms with E-state index in [0.717, 1.165) is 0 Å². The molecule has 3 aromatic rings. The number of nitrogens with one attached hydrogen (secondary N) is 2. The van der Waals surface area contributed by atoms with Crippen LogP contribution in [0, 0.1) is 0 Å². The van der Waals surface area contributed by atoms with E-state index in [2.05, 4.69) is 15.6 Å². The minimum absolute atomic E-state index is 0.164. The third-order valence-corrected chi connectivity index (χ3v) is 3.57. The number of halogens is 1. The van der Waals surface area contributed by atoms with E-state index >= 15 is 0 Å². The fraction of sp³-hybridized carbons (Fsp3) is 0. The molecule has 0 fully saturated rings. The standard InChI is InChI=1S/C15H12ClN5OS/c16-10-3-1-2-4-11(10)20-14(22)12-8-18-13-7-9(19-15(17)23)5-6-21(12)13/h1-8H,(H,20,22)(H3,17,19,23). The topological polar surface area (TPSA) is 84.4 Å². The normalized spacial score (nSPS) is 10.5. The number of carbonyl (C=O) groups is 1. The number of nitrogens with zero attached hydrogens (tertiary/aromatic N) is 2. The minimum Gasteiger partial charge on any atom is -0.376 e. The number of aromatic nitrogens is 2. The Labute approximate surface area is 142 Å². The molecular formula is C15H12ClN5OS. The summed E-state index contributed by atoms with van der Waals surface area (Å²) < 4.78 is 1.66. The molecule has 0 aliphatic heterocycles. The molecule has 23 heavy (non-hydrogen) atoms. The van der Waals surface area contributed by atoms with Crippen LogP contribution in [0.3, 0.4) is 0 Å². The summed E-state index contributed by atoms with van der Waals surface area (Å²) in [6, 6.07) is 10.5. The average Bonchev–Trinajstić information content (AvgIpc) is 2.92. The summed E-state index contributed by atoms with van der Waals surface area (Å²) in [5.74, 6) is -0.305. The zero-order chi connectivity index (χ0) is 16.4. The molecule has 2 aromatic heterocycles. The second kappa shape index (κ2) is 6.23. The van der Waals surface area contributed by atoms with Crippen molar-refractivity contribution in [3.63, 3.8) is 0 Å². The molecule has 4 N–H and O–H groups in total. The van der Waals surface area contributed by atoms with Crippen LogP contribution in [-0.4, -0.2) is 20.4 Å². The monoisotopic (exact) mass is 345 g/mol. The van der Waals surface area contributed by atoms with Crippen molar-refractivity contribution in [1.82, 2.24) is 9.38 Å². The summed E-state index contributed by atoms with van der Waals surface area (Å²) in [5, 5.41) is 6.22. The maximum atomic E-state index is 12.4. The van der Waals surface area contributed by atoms with Crippen LogP contribution >= 0.6 is 23.8 Å². The predicted octanol–water partition coefficient (Wildman–Crippen LogP) is 2.90. The van der Waals surface area contributed by atoms with Gasteiger partial charge in [0.1, 0.15) is 11.3 Å². The van der Waals surface area contributed by atoms with Crippen molar-refractivity contribution in [2.75, 3.05) is 10.6 Å². The van der Waals surface area contributed by atoms with Gasteiger partial charge in [-0.25, -0.2) is 4.98 Å². The second-order valence-corrected chi connectivity index (χ2v) is 5.56. The summed E-state index contributed by atoms with van der Waals surface area (Å²) in [7, 11) is 0. The highest BCUT2D eigenvalue weighted by Crippen LogP contribution is 2.21. The molecule has 8 heteroatoms. The molecule has 6 nitrogen and oxygen atoms in total. The first-order chi connectivity index (χ1) is 11.0. The summed E-state index contributed by atoms with van der Waals surface area (Å²) in [6.07, 6.45) is 3.20. The first kappa shape index (κ1) is 15.3. The van der Waals surface area contributed by atoms with Crippen molar-refractivity contribution >= 4 is 51.9 Å². The zero-order valence-electron chi connectivity index (χ0n) is 11.8. The number of fused-ring (bicyclic) bond motifs is 1. The van der Waals surface area contributed by atoms with Crippen LogP contribution < -0.4 is 16.4 Å². The Morgan fingerprint density at radius 3 is 2.78 bits per heavy atom. The highest BCUT2D eigenvalue weighted by molar-refractivity contribution is 7.80. The van der Waals surface area contributed by atoms with Gasteiger partial charge in [0.25, 0.3) is 5.91 Å².